The molecule has 0 radical (unpaired) electrons. The zero-order valence-electron chi connectivity index (χ0n) is 11.0. The van der Waals surface area contributed by atoms with E-state index in [2.05, 4.69) is 15.5 Å². The largest absolute Gasteiger partial charge is 0.481 e. The van der Waals surface area contributed by atoms with Crippen molar-refractivity contribution < 1.29 is 14.7 Å². The summed E-state index contributed by atoms with van der Waals surface area (Å²) >= 11 is 0. The van der Waals surface area contributed by atoms with Crippen molar-refractivity contribution in [1.82, 2.24) is 10.2 Å². The minimum atomic E-state index is -0.864. The van der Waals surface area contributed by atoms with Gasteiger partial charge in [-0.1, -0.05) is 18.2 Å². The number of aromatic amines is 1. The lowest BCUT2D eigenvalue weighted by molar-refractivity contribution is -0.136. The van der Waals surface area contributed by atoms with Crippen molar-refractivity contribution in [1.29, 1.82) is 0 Å². The molecule has 0 unspecified atom stereocenters. The van der Waals surface area contributed by atoms with E-state index >= 15 is 0 Å². The molecule has 0 spiro atoms. The predicted octanol–water partition coefficient (Wildman–Crippen LogP) is 1.99. The fraction of sp³-hybridized carbons (Fsp3) is 0.214. The van der Waals surface area contributed by atoms with Gasteiger partial charge in [0, 0.05) is 17.8 Å². The van der Waals surface area contributed by atoms with Crippen molar-refractivity contribution in [2.75, 3.05) is 5.32 Å². The topological polar surface area (TPSA) is 95.1 Å². The standard InChI is InChI=1S/C14H15N3O3/c1-9-11(8-15-17-9)14(20)16-12-5-3-2-4-10(12)6-7-13(18)19/h2-5,8H,6-7H2,1H3,(H,15,17)(H,16,20)(H,18,19). The number of anilines is 1. The number of carbonyl (C=O) groups is 2. The number of rotatable bonds is 5. The van der Waals surface area contributed by atoms with E-state index in [0.29, 0.717) is 23.4 Å². The van der Waals surface area contributed by atoms with E-state index in [9.17, 15) is 9.59 Å². The zero-order valence-corrected chi connectivity index (χ0v) is 11.0. The number of benzene rings is 1. The Morgan fingerprint density at radius 1 is 1.35 bits per heavy atom. The third-order valence-corrected chi connectivity index (χ3v) is 2.95. The summed E-state index contributed by atoms with van der Waals surface area (Å²) < 4.78 is 0. The maximum atomic E-state index is 12.1. The van der Waals surface area contributed by atoms with E-state index in [1.807, 2.05) is 6.07 Å². The van der Waals surface area contributed by atoms with Crippen LogP contribution in [-0.2, 0) is 11.2 Å². The number of H-pyrrole nitrogens is 1. The highest BCUT2D eigenvalue weighted by atomic mass is 16.4. The van der Waals surface area contributed by atoms with Crippen LogP contribution in [0.25, 0.3) is 0 Å². The molecule has 1 amide bonds. The Balaban J connectivity index is 2.15. The van der Waals surface area contributed by atoms with E-state index in [4.69, 9.17) is 5.11 Å². The first-order chi connectivity index (χ1) is 9.58. The lowest BCUT2D eigenvalue weighted by Crippen LogP contribution is -2.14. The lowest BCUT2D eigenvalue weighted by Gasteiger charge is -2.10. The second kappa shape index (κ2) is 6.01. The van der Waals surface area contributed by atoms with Gasteiger partial charge < -0.3 is 10.4 Å². The van der Waals surface area contributed by atoms with Crippen molar-refractivity contribution >= 4 is 17.6 Å². The van der Waals surface area contributed by atoms with Crippen LogP contribution in [0.5, 0.6) is 0 Å². The number of aliphatic carboxylic acids is 1. The summed E-state index contributed by atoms with van der Waals surface area (Å²) in [5.74, 6) is -1.13. The van der Waals surface area contributed by atoms with E-state index < -0.39 is 5.97 Å². The van der Waals surface area contributed by atoms with Crippen LogP contribution >= 0.6 is 0 Å². The van der Waals surface area contributed by atoms with Gasteiger partial charge >= 0.3 is 5.97 Å². The zero-order chi connectivity index (χ0) is 14.5. The number of hydrogen-bond donors (Lipinski definition) is 3. The fourth-order valence-electron chi connectivity index (χ4n) is 1.87. The van der Waals surface area contributed by atoms with Gasteiger partial charge in [0.05, 0.1) is 11.8 Å². The predicted molar refractivity (Wildman–Crippen MR) is 73.7 cm³/mol. The minimum Gasteiger partial charge on any atom is -0.481 e. The molecule has 1 aromatic carbocycles. The highest BCUT2D eigenvalue weighted by Gasteiger charge is 2.13. The molecule has 1 aromatic heterocycles. The third kappa shape index (κ3) is 3.23. The van der Waals surface area contributed by atoms with Crippen LogP contribution < -0.4 is 5.32 Å². The van der Waals surface area contributed by atoms with Crippen LogP contribution in [-0.4, -0.2) is 27.2 Å². The average molecular weight is 273 g/mol. The molecule has 0 aliphatic rings. The van der Waals surface area contributed by atoms with Crippen molar-refractivity contribution in [3.8, 4) is 0 Å². The number of amides is 1. The Morgan fingerprint density at radius 3 is 2.75 bits per heavy atom. The quantitative estimate of drug-likeness (QED) is 0.776. The molecule has 0 atom stereocenters. The first-order valence-electron chi connectivity index (χ1n) is 6.19. The molecule has 0 aliphatic carbocycles. The summed E-state index contributed by atoms with van der Waals surface area (Å²) in [6.45, 7) is 1.76. The lowest BCUT2D eigenvalue weighted by atomic mass is 10.1. The Kier molecular flexibility index (Phi) is 4.14. The van der Waals surface area contributed by atoms with Gasteiger partial charge in [0.2, 0.25) is 0 Å². The SMILES string of the molecule is Cc1[nH]ncc1C(=O)Nc1ccccc1CCC(=O)O. The molecule has 0 saturated heterocycles. The van der Waals surface area contributed by atoms with Crippen molar-refractivity contribution in [2.24, 2.45) is 0 Å². The average Bonchev–Trinajstić information content (AvgIpc) is 2.84. The molecule has 0 saturated carbocycles. The molecule has 6 heteroatoms. The molecule has 1 heterocycles. The second-order valence-electron chi connectivity index (χ2n) is 4.41. The number of nitrogens with one attached hydrogen (secondary N) is 2. The van der Waals surface area contributed by atoms with Gasteiger partial charge in [-0.05, 0) is 25.0 Å². The molecule has 0 fully saturated rings. The maximum Gasteiger partial charge on any atom is 0.303 e. The fourth-order valence-corrected chi connectivity index (χ4v) is 1.87. The first-order valence-corrected chi connectivity index (χ1v) is 6.19. The summed E-state index contributed by atoms with van der Waals surface area (Å²) in [6.07, 6.45) is 1.86. The minimum absolute atomic E-state index is 0.0254. The number of nitrogens with zero attached hydrogens (tertiary/aromatic N) is 1. The second-order valence-corrected chi connectivity index (χ2v) is 4.41. The normalized spacial score (nSPS) is 10.2. The summed E-state index contributed by atoms with van der Waals surface area (Å²) in [7, 11) is 0. The van der Waals surface area contributed by atoms with Crippen LogP contribution in [0.15, 0.2) is 30.5 Å². The molecule has 104 valence electrons. The van der Waals surface area contributed by atoms with Crippen LogP contribution in [0, 0.1) is 6.92 Å². The molecular weight excluding hydrogens is 258 g/mol. The number of hydrogen-bond acceptors (Lipinski definition) is 3. The van der Waals surface area contributed by atoms with Gasteiger partial charge in [0.25, 0.3) is 5.91 Å². The van der Waals surface area contributed by atoms with Gasteiger partial charge in [-0.25, -0.2) is 0 Å². The third-order valence-electron chi connectivity index (χ3n) is 2.95. The highest BCUT2D eigenvalue weighted by molar-refractivity contribution is 6.05. The van der Waals surface area contributed by atoms with Gasteiger partial charge in [-0.2, -0.15) is 5.10 Å². The summed E-state index contributed by atoms with van der Waals surface area (Å²) in [4.78, 5) is 22.7. The van der Waals surface area contributed by atoms with Crippen molar-refractivity contribution in [2.45, 2.75) is 19.8 Å². The number of carboxylic acids is 1. The number of carbonyl (C=O) groups excluding carboxylic acids is 1. The Morgan fingerprint density at radius 2 is 2.10 bits per heavy atom. The molecule has 0 bridgehead atoms. The number of aromatic nitrogens is 2. The van der Waals surface area contributed by atoms with Gasteiger partial charge in [-0.3, -0.25) is 14.7 Å². The van der Waals surface area contributed by atoms with Crippen LogP contribution in [0.1, 0.15) is 28.0 Å². The molecule has 20 heavy (non-hydrogen) atoms. The van der Waals surface area contributed by atoms with Crippen molar-refractivity contribution in [3.05, 3.63) is 47.3 Å². The highest BCUT2D eigenvalue weighted by Crippen LogP contribution is 2.18. The van der Waals surface area contributed by atoms with Crippen LogP contribution in [0.2, 0.25) is 0 Å². The Bertz CT molecular complexity index is 634. The van der Waals surface area contributed by atoms with Gasteiger partial charge in [0.1, 0.15) is 0 Å². The van der Waals surface area contributed by atoms with Gasteiger partial charge in [0.15, 0.2) is 0 Å². The van der Waals surface area contributed by atoms with E-state index in [-0.39, 0.29) is 12.3 Å². The van der Waals surface area contributed by atoms with Gasteiger partial charge in [-0.15, -0.1) is 0 Å². The number of aryl methyl sites for hydroxylation is 2. The molecule has 2 aromatic rings. The molecule has 6 nitrogen and oxygen atoms in total. The molecular formula is C14H15N3O3. The molecule has 2 rings (SSSR count). The summed E-state index contributed by atoms with van der Waals surface area (Å²) in [5.41, 5.74) is 2.58. The van der Waals surface area contributed by atoms with E-state index in [0.717, 1.165) is 5.56 Å². The smallest absolute Gasteiger partial charge is 0.303 e. The van der Waals surface area contributed by atoms with Crippen LogP contribution in [0.4, 0.5) is 5.69 Å². The van der Waals surface area contributed by atoms with Crippen LogP contribution in [0.3, 0.4) is 0 Å². The summed E-state index contributed by atoms with van der Waals surface area (Å²) in [5, 5.41) is 18.0. The monoisotopic (exact) mass is 273 g/mol. The first kappa shape index (κ1) is 13.8. The maximum absolute atomic E-state index is 12.1. The van der Waals surface area contributed by atoms with Crippen molar-refractivity contribution in [3.63, 3.8) is 0 Å². The number of carboxylic acid groups (broad SMARTS) is 1. The summed E-state index contributed by atoms with van der Waals surface area (Å²) in [6, 6.07) is 7.17. The number of para-hydroxylation sites is 1. The molecule has 3 N–H and O–H groups in total. The molecule has 0 aliphatic heterocycles. The Labute approximate surface area is 115 Å². The Hall–Kier alpha value is -2.63. The van der Waals surface area contributed by atoms with E-state index in [1.54, 1.807) is 25.1 Å². The van der Waals surface area contributed by atoms with E-state index in [1.165, 1.54) is 6.20 Å².